The van der Waals surface area contributed by atoms with Crippen molar-refractivity contribution in [2.75, 3.05) is 10.6 Å². The van der Waals surface area contributed by atoms with Gasteiger partial charge in [0.25, 0.3) is 11.8 Å². The van der Waals surface area contributed by atoms with Gasteiger partial charge < -0.3 is 10.6 Å². The van der Waals surface area contributed by atoms with Gasteiger partial charge in [0.1, 0.15) is 0 Å². The monoisotopic (exact) mass is 322 g/mol. The van der Waals surface area contributed by atoms with Crippen LogP contribution in [0.15, 0.2) is 72.4 Å². The molecule has 0 radical (unpaired) electrons. The van der Waals surface area contributed by atoms with Crippen LogP contribution in [0, 0.1) is 0 Å². The zero-order valence-corrected chi connectivity index (χ0v) is 13.5. The van der Waals surface area contributed by atoms with E-state index in [1.165, 1.54) is 0 Å². The van der Waals surface area contributed by atoms with E-state index in [1.807, 2.05) is 0 Å². The minimum Gasteiger partial charge on any atom is -0.322 e. The smallest absolute Gasteiger partial charge is 0.251 e. The highest BCUT2D eigenvalue weighted by Gasteiger charge is 2.06. The molecule has 0 fully saturated rings. The number of nitrogens with one attached hydrogen (secondary N) is 2. The summed E-state index contributed by atoms with van der Waals surface area (Å²) in [7, 11) is 0. The maximum atomic E-state index is 12.0. The molecule has 0 atom stereocenters. The minimum absolute atomic E-state index is 0.236. The van der Waals surface area contributed by atoms with Crippen molar-refractivity contribution in [1.29, 1.82) is 0 Å². The summed E-state index contributed by atoms with van der Waals surface area (Å²) in [5.74, 6) is -0.473. The predicted octanol–water partition coefficient (Wildman–Crippen LogP) is 2.95. The van der Waals surface area contributed by atoms with Crippen LogP contribution < -0.4 is 10.6 Å². The number of nitrogens with zero attached hydrogens (tertiary/aromatic N) is 2. The first-order valence-corrected chi connectivity index (χ1v) is 7.34. The van der Waals surface area contributed by atoms with E-state index >= 15 is 0 Å². The van der Waals surface area contributed by atoms with Crippen LogP contribution in [0.25, 0.3) is 0 Å². The number of carbonyl (C=O) groups excluding carboxylic acids is 2. The Morgan fingerprint density at radius 2 is 1.08 bits per heavy atom. The molecule has 6 nitrogen and oxygen atoms in total. The van der Waals surface area contributed by atoms with E-state index < -0.39 is 0 Å². The second-order valence-corrected chi connectivity index (χ2v) is 5.08. The first kappa shape index (κ1) is 17.1. The van der Waals surface area contributed by atoms with Gasteiger partial charge >= 0.3 is 0 Å². The molecule has 24 heavy (non-hydrogen) atoms. The van der Waals surface area contributed by atoms with Gasteiger partial charge in [-0.25, -0.2) is 0 Å². The molecule has 0 saturated heterocycles. The van der Waals surface area contributed by atoms with Gasteiger partial charge in [-0.3, -0.25) is 19.6 Å². The van der Waals surface area contributed by atoms with Crippen LogP contribution in [0.3, 0.4) is 0 Å². The highest BCUT2D eigenvalue weighted by Crippen LogP contribution is 2.08. The fourth-order valence-corrected chi connectivity index (χ4v) is 1.73. The molecule has 2 aromatic rings. The third kappa shape index (κ3) is 5.17. The van der Waals surface area contributed by atoms with Crippen LogP contribution >= 0.6 is 0 Å². The summed E-state index contributed by atoms with van der Waals surface area (Å²) >= 11 is 0. The van der Waals surface area contributed by atoms with Crippen LogP contribution in [0.2, 0.25) is 0 Å². The summed E-state index contributed by atoms with van der Waals surface area (Å²) < 4.78 is 0. The van der Waals surface area contributed by atoms with Crippen molar-refractivity contribution < 1.29 is 9.59 Å². The summed E-state index contributed by atoms with van der Waals surface area (Å²) in [5, 5.41) is 5.50. The molecule has 0 saturated carbocycles. The first-order valence-electron chi connectivity index (χ1n) is 7.34. The quantitative estimate of drug-likeness (QED) is 0.655. The number of hydrogen-bond acceptors (Lipinski definition) is 4. The zero-order chi connectivity index (χ0) is 17.4. The summed E-state index contributed by atoms with van der Waals surface area (Å²) in [4.78, 5) is 31.9. The maximum absolute atomic E-state index is 12.0. The topological polar surface area (TPSA) is 84.0 Å². The molecule has 0 aromatic carbocycles. The molecular weight excluding hydrogens is 304 g/mol. The average Bonchev–Trinajstić information content (AvgIpc) is 2.61. The van der Waals surface area contributed by atoms with Crippen molar-refractivity contribution in [2.24, 2.45) is 0 Å². The molecular formula is C18H18N4O2. The van der Waals surface area contributed by atoms with Crippen molar-refractivity contribution in [3.05, 3.63) is 72.4 Å². The fourth-order valence-electron chi connectivity index (χ4n) is 1.73. The SMILES string of the molecule is C/C(=C\C=C(/C)C(=O)Nc1ccncc1)C(=O)Nc1ccncc1. The molecule has 0 bridgehead atoms. The Balaban J connectivity index is 1.97. The Morgan fingerprint density at radius 1 is 0.750 bits per heavy atom. The van der Waals surface area contributed by atoms with Crippen LogP contribution in [-0.4, -0.2) is 21.8 Å². The van der Waals surface area contributed by atoms with E-state index in [-0.39, 0.29) is 11.8 Å². The van der Waals surface area contributed by atoms with E-state index in [2.05, 4.69) is 20.6 Å². The number of rotatable bonds is 5. The molecule has 0 spiro atoms. The zero-order valence-electron chi connectivity index (χ0n) is 13.5. The fraction of sp³-hybridized carbons (Fsp3) is 0.111. The van der Waals surface area contributed by atoms with Gasteiger partial charge in [0.05, 0.1) is 0 Å². The molecule has 2 N–H and O–H groups in total. The molecule has 0 aliphatic heterocycles. The lowest BCUT2D eigenvalue weighted by Gasteiger charge is -2.05. The van der Waals surface area contributed by atoms with Gasteiger partial charge in [-0.15, -0.1) is 0 Å². The largest absolute Gasteiger partial charge is 0.322 e. The second kappa shape index (κ2) is 8.38. The Morgan fingerprint density at radius 3 is 1.42 bits per heavy atom. The van der Waals surface area contributed by atoms with E-state index in [9.17, 15) is 9.59 Å². The second-order valence-electron chi connectivity index (χ2n) is 5.08. The lowest BCUT2D eigenvalue weighted by Crippen LogP contribution is -2.13. The lowest BCUT2D eigenvalue weighted by molar-refractivity contribution is -0.113. The highest BCUT2D eigenvalue weighted by atomic mass is 16.2. The summed E-state index contributed by atoms with van der Waals surface area (Å²) in [6.45, 7) is 3.36. The molecule has 122 valence electrons. The van der Waals surface area contributed by atoms with Crippen molar-refractivity contribution in [3.8, 4) is 0 Å². The number of allylic oxidation sites excluding steroid dienone is 2. The predicted molar refractivity (Wildman–Crippen MR) is 93.2 cm³/mol. The van der Waals surface area contributed by atoms with Gasteiger partial charge in [0.2, 0.25) is 0 Å². The molecule has 2 aromatic heterocycles. The normalized spacial score (nSPS) is 11.8. The van der Waals surface area contributed by atoms with E-state index in [4.69, 9.17) is 0 Å². The minimum atomic E-state index is -0.236. The van der Waals surface area contributed by atoms with Gasteiger partial charge in [0, 0.05) is 47.3 Å². The van der Waals surface area contributed by atoms with Crippen molar-refractivity contribution in [1.82, 2.24) is 9.97 Å². The van der Waals surface area contributed by atoms with Crippen LogP contribution in [0.4, 0.5) is 11.4 Å². The Hall–Kier alpha value is -3.28. The molecule has 0 unspecified atom stereocenters. The van der Waals surface area contributed by atoms with Gasteiger partial charge in [-0.05, 0) is 38.1 Å². The van der Waals surface area contributed by atoms with Crippen LogP contribution in [0.1, 0.15) is 13.8 Å². The van der Waals surface area contributed by atoms with Gasteiger partial charge in [-0.1, -0.05) is 12.2 Å². The Labute approximate surface area is 140 Å². The Kier molecular flexibility index (Phi) is 5.96. The molecule has 2 heterocycles. The maximum Gasteiger partial charge on any atom is 0.251 e. The molecule has 6 heteroatoms. The Bertz CT molecular complexity index is 701. The van der Waals surface area contributed by atoms with E-state index in [1.54, 1.807) is 75.1 Å². The number of aromatic nitrogens is 2. The van der Waals surface area contributed by atoms with Gasteiger partial charge in [0.15, 0.2) is 0 Å². The summed E-state index contributed by atoms with van der Waals surface area (Å²) in [5.41, 5.74) is 2.31. The number of hydrogen-bond donors (Lipinski definition) is 2. The molecule has 2 amide bonds. The molecule has 0 aliphatic rings. The average molecular weight is 322 g/mol. The summed E-state index contributed by atoms with van der Waals surface area (Å²) in [6.07, 6.45) is 9.62. The van der Waals surface area contributed by atoms with E-state index in [0.29, 0.717) is 22.5 Å². The molecule has 2 rings (SSSR count). The van der Waals surface area contributed by atoms with E-state index in [0.717, 1.165) is 0 Å². The third-order valence-electron chi connectivity index (χ3n) is 3.18. The molecule has 0 aliphatic carbocycles. The van der Waals surface area contributed by atoms with Crippen molar-refractivity contribution in [3.63, 3.8) is 0 Å². The van der Waals surface area contributed by atoms with Crippen molar-refractivity contribution >= 4 is 23.2 Å². The number of carbonyl (C=O) groups is 2. The standard InChI is InChI=1S/C18H18N4O2/c1-13(17(23)21-15-5-9-19-10-6-15)3-4-14(2)18(24)22-16-7-11-20-12-8-16/h3-12H,1-2H3,(H,19,21,23)(H,20,22,24)/b13-3+,14-4+. The number of pyridine rings is 2. The third-order valence-corrected chi connectivity index (χ3v) is 3.18. The number of anilines is 2. The van der Waals surface area contributed by atoms with Crippen LogP contribution in [0.5, 0.6) is 0 Å². The summed E-state index contributed by atoms with van der Waals surface area (Å²) in [6, 6.07) is 6.81. The first-order chi connectivity index (χ1) is 11.6. The van der Waals surface area contributed by atoms with Crippen LogP contribution in [-0.2, 0) is 9.59 Å². The highest BCUT2D eigenvalue weighted by molar-refractivity contribution is 6.05. The lowest BCUT2D eigenvalue weighted by atomic mass is 10.2. The van der Waals surface area contributed by atoms with Gasteiger partial charge in [-0.2, -0.15) is 0 Å². The number of amides is 2. The van der Waals surface area contributed by atoms with Crippen molar-refractivity contribution in [2.45, 2.75) is 13.8 Å².